The fourth-order valence-corrected chi connectivity index (χ4v) is 2.26. The molecule has 0 aliphatic rings. The van der Waals surface area contributed by atoms with E-state index in [1.165, 1.54) is 6.08 Å². The van der Waals surface area contributed by atoms with Crippen LogP contribution in [0.25, 0.3) is 6.08 Å². The van der Waals surface area contributed by atoms with E-state index in [1.54, 1.807) is 25.3 Å². The standard InChI is InChI=1S/C21H23N3O3/c1-3-19(17-7-5-4-6-8-17)23-24-21(26)15-22-20(25)14-11-16-9-12-18(27-2)13-10-16/h4-14H,3,15H2,1-2H3,(H,22,25)(H,24,26)/b14-11+,23-19?. The topological polar surface area (TPSA) is 79.8 Å². The summed E-state index contributed by atoms with van der Waals surface area (Å²) < 4.78 is 5.08. The Hall–Kier alpha value is -3.41. The lowest BCUT2D eigenvalue weighted by Gasteiger charge is -2.05. The average molecular weight is 365 g/mol. The Bertz CT molecular complexity index is 812. The molecule has 6 heteroatoms. The predicted octanol–water partition coefficient (Wildman–Crippen LogP) is 2.76. The number of ether oxygens (including phenoxy) is 1. The van der Waals surface area contributed by atoms with Crippen LogP contribution in [0, 0.1) is 0 Å². The van der Waals surface area contributed by atoms with Gasteiger partial charge < -0.3 is 10.1 Å². The minimum atomic E-state index is -0.386. The summed E-state index contributed by atoms with van der Waals surface area (Å²) in [5.74, 6) is 0.00239. The molecule has 2 aromatic rings. The van der Waals surface area contributed by atoms with Crippen LogP contribution in [-0.2, 0) is 9.59 Å². The van der Waals surface area contributed by atoms with Gasteiger partial charge in [0.1, 0.15) is 5.75 Å². The summed E-state index contributed by atoms with van der Waals surface area (Å²) in [6.45, 7) is 1.81. The number of rotatable bonds is 8. The zero-order valence-electron chi connectivity index (χ0n) is 15.4. The number of nitrogens with one attached hydrogen (secondary N) is 2. The van der Waals surface area contributed by atoms with Crippen LogP contribution in [-0.4, -0.2) is 31.2 Å². The molecular weight excluding hydrogens is 342 g/mol. The van der Waals surface area contributed by atoms with Crippen molar-refractivity contribution >= 4 is 23.6 Å². The third-order valence-electron chi connectivity index (χ3n) is 3.72. The number of methoxy groups -OCH3 is 1. The molecule has 0 atom stereocenters. The third-order valence-corrected chi connectivity index (χ3v) is 3.72. The lowest BCUT2D eigenvalue weighted by Crippen LogP contribution is -2.34. The largest absolute Gasteiger partial charge is 0.497 e. The van der Waals surface area contributed by atoms with E-state index in [0.717, 1.165) is 22.6 Å². The van der Waals surface area contributed by atoms with E-state index < -0.39 is 0 Å². The first kappa shape index (κ1) is 19.9. The molecule has 2 aromatic carbocycles. The molecule has 2 amide bonds. The number of nitrogens with zero attached hydrogens (tertiary/aromatic N) is 1. The molecule has 0 fully saturated rings. The van der Waals surface area contributed by atoms with E-state index in [1.807, 2.05) is 49.4 Å². The Kier molecular flexibility index (Phi) is 7.78. The van der Waals surface area contributed by atoms with Crippen molar-refractivity contribution in [3.8, 4) is 5.75 Å². The third kappa shape index (κ3) is 6.78. The van der Waals surface area contributed by atoms with Crippen molar-refractivity contribution < 1.29 is 14.3 Å². The molecule has 2 N–H and O–H groups in total. The smallest absolute Gasteiger partial charge is 0.259 e. The highest BCUT2D eigenvalue weighted by molar-refractivity contribution is 6.01. The Labute approximate surface area is 158 Å². The van der Waals surface area contributed by atoms with Gasteiger partial charge in [0.05, 0.1) is 19.4 Å². The van der Waals surface area contributed by atoms with E-state index in [-0.39, 0.29) is 18.4 Å². The second-order valence-electron chi connectivity index (χ2n) is 5.64. The molecule has 0 aliphatic carbocycles. The molecule has 0 unspecified atom stereocenters. The average Bonchev–Trinajstić information content (AvgIpc) is 2.72. The van der Waals surface area contributed by atoms with Crippen LogP contribution in [0.5, 0.6) is 5.75 Å². The zero-order chi connectivity index (χ0) is 19.5. The van der Waals surface area contributed by atoms with Gasteiger partial charge in [0, 0.05) is 6.08 Å². The van der Waals surface area contributed by atoms with Crippen LogP contribution in [0.1, 0.15) is 24.5 Å². The maximum Gasteiger partial charge on any atom is 0.259 e. The van der Waals surface area contributed by atoms with Gasteiger partial charge in [-0.2, -0.15) is 5.10 Å². The quantitative estimate of drug-likeness (QED) is 0.429. The van der Waals surface area contributed by atoms with E-state index in [4.69, 9.17) is 4.74 Å². The Morgan fingerprint density at radius 1 is 1.07 bits per heavy atom. The number of hydrazone groups is 1. The molecule has 140 valence electrons. The minimum Gasteiger partial charge on any atom is -0.497 e. The van der Waals surface area contributed by atoms with E-state index in [9.17, 15) is 9.59 Å². The second-order valence-corrected chi connectivity index (χ2v) is 5.64. The summed E-state index contributed by atoms with van der Waals surface area (Å²) in [5, 5.41) is 6.66. The van der Waals surface area contributed by atoms with Gasteiger partial charge in [0.15, 0.2) is 0 Å². The summed E-state index contributed by atoms with van der Waals surface area (Å²) in [5.41, 5.74) is 5.05. The molecule has 27 heavy (non-hydrogen) atoms. The highest BCUT2D eigenvalue weighted by atomic mass is 16.5. The van der Waals surface area contributed by atoms with Crippen LogP contribution in [0.4, 0.5) is 0 Å². The highest BCUT2D eigenvalue weighted by Crippen LogP contribution is 2.12. The Morgan fingerprint density at radius 2 is 1.78 bits per heavy atom. The zero-order valence-corrected chi connectivity index (χ0v) is 15.4. The minimum absolute atomic E-state index is 0.152. The van der Waals surface area contributed by atoms with Crippen LogP contribution in [0.3, 0.4) is 0 Å². The van der Waals surface area contributed by atoms with Crippen LogP contribution < -0.4 is 15.5 Å². The van der Waals surface area contributed by atoms with Crippen molar-refractivity contribution in [1.82, 2.24) is 10.7 Å². The van der Waals surface area contributed by atoms with Gasteiger partial charge in [0.2, 0.25) is 5.91 Å². The molecule has 0 spiro atoms. The lowest BCUT2D eigenvalue weighted by molar-refractivity contribution is -0.123. The molecular formula is C21H23N3O3. The van der Waals surface area contributed by atoms with E-state index in [2.05, 4.69) is 15.8 Å². The number of hydrogen-bond donors (Lipinski definition) is 2. The molecule has 0 heterocycles. The number of amides is 2. The first-order chi connectivity index (χ1) is 13.1. The molecule has 0 bridgehead atoms. The summed E-state index contributed by atoms with van der Waals surface area (Å²) in [6.07, 6.45) is 3.72. The van der Waals surface area contributed by atoms with Gasteiger partial charge in [-0.05, 0) is 35.8 Å². The van der Waals surface area contributed by atoms with Crippen molar-refractivity contribution in [3.63, 3.8) is 0 Å². The van der Waals surface area contributed by atoms with Gasteiger partial charge >= 0.3 is 0 Å². The van der Waals surface area contributed by atoms with Crippen molar-refractivity contribution in [2.45, 2.75) is 13.3 Å². The summed E-state index contributed by atoms with van der Waals surface area (Å²) >= 11 is 0. The summed E-state index contributed by atoms with van der Waals surface area (Å²) in [6, 6.07) is 16.9. The number of hydrogen-bond acceptors (Lipinski definition) is 4. The van der Waals surface area contributed by atoms with Crippen LogP contribution >= 0.6 is 0 Å². The Morgan fingerprint density at radius 3 is 2.41 bits per heavy atom. The first-order valence-corrected chi connectivity index (χ1v) is 8.63. The SMILES string of the molecule is CCC(=NNC(=O)CNC(=O)/C=C/c1ccc(OC)cc1)c1ccccc1. The fraction of sp³-hybridized carbons (Fsp3) is 0.190. The fourth-order valence-electron chi connectivity index (χ4n) is 2.26. The van der Waals surface area contributed by atoms with Crippen LogP contribution in [0.2, 0.25) is 0 Å². The van der Waals surface area contributed by atoms with Crippen molar-refractivity contribution in [3.05, 3.63) is 71.8 Å². The molecule has 0 saturated carbocycles. The lowest BCUT2D eigenvalue weighted by atomic mass is 10.1. The number of carbonyl (C=O) groups excluding carboxylic acids is 2. The van der Waals surface area contributed by atoms with E-state index in [0.29, 0.717) is 6.42 Å². The maximum absolute atomic E-state index is 11.9. The van der Waals surface area contributed by atoms with Gasteiger partial charge in [-0.15, -0.1) is 0 Å². The Balaban J connectivity index is 1.81. The molecule has 0 saturated heterocycles. The van der Waals surface area contributed by atoms with Gasteiger partial charge in [-0.3, -0.25) is 9.59 Å². The molecule has 2 rings (SSSR count). The molecule has 6 nitrogen and oxygen atoms in total. The monoisotopic (exact) mass is 365 g/mol. The van der Waals surface area contributed by atoms with Gasteiger partial charge in [-0.1, -0.05) is 49.4 Å². The normalized spacial score (nSPS) is 11.3. The van der Waals surface area contributed by atoms with Gasteiger partial charge in [-0.25, -0.2) is 5.43 Å². The second kappa shape index (κ2) is 10.6. The number of carbonyl (C=O) groups is 2. The van der Waals surface area contributed by atoms with Crippen molar-refractivity contribution in [2.75, 3.05) is 13.7 Å². The molecule has 0 aromatic heterocycles. The van der Waals surface area contributed by atoms with Crippen LogP contribution in [0.15, 0.2) is 65.8 Å². The van der Waals surface area contributed by atoms with Gasteiger partial charge in [0.25, 0.3) is 5.91 Å². The van der Waals surface area contributed by atoms with Crippen molar-refractivity contribution in [1.29, 1.82) is 0 Å². The van der Waals surface area contributed by atoms with E-state index >= 15 is 0 Å². The van der Waals surface area contributed by atoms with Crippen molar-refractivity contribution in [2.24, 2.45) is 5.10 Å². The number of benzene rings is 2. The molecule has 0 aliphatic heterocycles. The molecule has 0 radical (unpaired) electrons. The maximum atomic E-state index is 11.9. The predicted molar refractivity (Wildman–Crippen MR) is 106 cm³/mol. The summed E-state index contributed by atoms with van der Waals surface area (Å²) in [4.78, 5) is 23.7. The highest BCUT2D eigenvalue weighted by Gasteiger charge is 2.04. The first-order valence-electron chi connectivity index (χ1n) is 8.63. The summed E-state index contributed by atoms with van der Waals surface area (Å²) in [7, 11) is 1.59.